The number of para-hydroxylation sites is 1. The normalized spacial score (nSPS) is 13.1. The van der Waals surface area contributed by atoms with Crippen molar-refractivity contribution >= 4 is 43.5 Å². The van der Waals surface area contributed by atoms with E-state index in [2.05, 4.69) is 128 Å². The van der Waals surface area contributed by atoms with Gasteiger partial charge in [-0.15, -0.1) is 0 Å². The fourth-order valence-corrected chi connectivity index (χ4v) is 8.47. The lowest BCUT2D eigenvalue weighted by atomic mass is 9.81. The van der Waals surface area contributed by atoms with Crippen LogP contribution >= 0.6 is 0 Å². The molecule has 10 aromatic rings. The number of pyridine rings is 1. The molecule has 1 aliphatic rings. The van der Waals surface area contributed by atoms with E-state index >= 15 is 0 Å². The van der Waals surface area contributed by atoms with Crippen LogP contribution in [-0.4, -0.2) is 19.9 Å². The first-order valence-corrected chi connectivity index (χ1v) is 18.3. The zero-order chi connectivity index (χ0) is 36.0. The van der Waals surface area contributed by atoms with Gasteiger partial charge in [-0.1, -0.05) is 117 Å². The van der Waals surface area contributed by atoms with Crippen molar-refractivity contribution in [3.05, 3.63) is 169 Å². The average molecular weight is 693 g/mol. The van der Waals surface area contributed by atoms with Gasteiger partial charge in [0.25, 0.3) is 0 Å². The predicted molar refractivity (Wildman–Crippen MR) is 219 cm³/mol. The standard InChI is InChI=1S/C49H32N4O/c1-49(2)42-17-5-3-13-36(42)41-25-30-19-21-35-34(40(30)27-43(41)49)15-8-16-39(35)48-52-46(31-11-7-10-29(24-31)33-12-9-23-50-28-33)51-47(53-48)32-20-22-38-37-14-4-6-18-44(37)54-45(38)26-32/h3-28H,1-2H3. The number of aromatic nitrogens is 4. The molecule has 11 rings (SSSR count). The minimum Gasteiger partial charge on any atom is -0.456 e. The molecule has 0 aliphatic heterocycles. The maximum Gasteiger partial charge on any atom is 0.164 e. The molecule has 7 aromatic carbocycles. The molecular weight excluding hydrogens is 661 g/mol. The Kier molecular flexibility index (Phi) is 6.53. The van der Waals surface area contributed by atoms with E-state index in [-0.39, 0.29) is 5.41 Å². The molecule has 254 valence electrons. The minimum absolute atomic E-state index is 0.0940. The van der Waals surface area contributed by atoms with E-state index in [0.29, 0.717) is 17.5 Å². The highest BCUT2D eigenvalue weighted by Crippen LogP contribution is 2.50. The molecule has 0 amide bonds. The van der Waals surface area contributed by atoms with Gasteiger partial charge >= 0.3 is 0 Å². The van der Waals surface area contributed by atoms with Crippen molar-refractivity contribution in [3.8, 4) is 56.4 Å². The molecule has 3 heterocycles. The molecule has 3 aromatic heterocycles. The highest BCUT2D eigenvalue weighted by molar-refractivity contribution is 6.13. The van der Waals surface area contributed by atoms with E-state index in [4.69, 9.17) is 19.4 Å². The Labute approximate surface area is 311 Å². The fourth-order valence-electron chi connectivity index (χ4n) is 8.47. The van der Waals surface area contributed by atoms with Gasteiger partial charge in [-0.25, -0.2) is 15.0 Å². The SMILES string of the molecule is CC1(C)c2ccccc2-c2cc3ccc4c(-c5nc(-c6cccc(-c7cccnc7)c6)nc(-c6ccc7c(c6)oc6ccccc67)n5)cccc4c3cc21. The van der Waals surface area contributed by atoms with Gasteiger partial charge in [0.05, 0.1) is 0 Å². The van der Waals surface area contributed by atoms with Gasteiger partial charge in [0.2, 0.25) is 0 Å². The van der Waals surface area contributed by atoms with E-state index in [1.54, 1.807) is 6.20 Å². The number of fused-ring (bicyclic) bond motifs is 9. The van der Waals surface area contributed by atoms with Gasteiger partial charge in [0, 0.05) is 50.8 Å². The van der Waals surface area contributed by atoms with Gasteiger partial charge in [-0.3, -0.25) is 4.98 Å². The maximum atomic E-state index is 6.30. The Morgan fingerprint density at radius 3 is 2.02 bits per heavy atom. The molecule has 5 heteroatoms. The van der Waals surface area contributed by atoms with Gasteiger partial charge in [0.15, 0.2) is 17.5 Å². The third-order valence-corrected chi connectivity index (χ3v) is 11.2. The number of benzene rings is 7. The highest BCUT2D eigenvalue weighted by Gasteiger charge is 2.35. The molecule has 0 radical (unpaired) electrons. The first-order valence-electron chi connectivity index (χ1n) is 18.3. The molecule has 5 nitrogen and oxygen atoms in total. The van der Waals surface area contributed by atoms with Crippen molar-refractivity contribution in [2.24, 2.45) is 0 Å². The van der Waals surface area contributed by atoms with Crippen molar-refractivity contribution in [1.29, 1.82) is 0 Å². The van der Waals surface area contributed by atoms with E-state index in [9.17, 15) is 0 Å². The van der Waals surface area contributed by atoms with Gasteiger partial charge in [-0.05, 0) is 91.8 Å². The second-order valence-corrected chi connectivity index (χ2v) is 14.7. The van der Waals surface area contributed by atoms with E-state index < -0.39 is 0 Å². The van der Waals surface area contributed by atoms with Crippen molar-refractivity contribution in [3.63, 3.8) is 0 Å². The molecule has 0 saturated heterocycles. The lowest BCUT2D eigenvalue weighted by Crippen LogP contribution is -2.14. The zero-order valence-corrected chi connectivity index (χ0v) is 29.7. The van der Waals surface area contributed by atoms with Crippen LogP contribution < -0.4 is 0 Å². The molecule has 0 N–H and O–H groups in total. The Morgan fingerprint density at radius 2 is 1.13 bits per heavy atom. The lowest BCUT2D eigenvalue weighted by molar-refractivity contribution is 0.661. The third kappa shape index (κ3) is 4.65. The van der Waals surface area contributed by atoms with Crippen molar-refractivity contribution in [1.82, 2.24) is 19.9 Å². The number of hydrogen-bond acceptors (Lipinski definition) is 5. The van der Waals surface area contributed by atoms with Crippen LogP contribution in [0.1, 0.15) is 25.0 Å². The van der Waals surface area contributed by atoms with Crippen LogP contribution in [0.15, 0.2) is 162 Å². The number of rotatable bonds is 4. The largest absolute Gasteiger partial charge is 0.456 e. The van der Waals surface area contributed by atoms with Gasteiger partial charge in [0.1, 0.15) is 11.2 Å². The van der Waals surface area contributed by atoms with E-state index in [0.717, 1.165) is 55.1 Å². The molecular formula is C49H32N4O. The van der Waals surface area contributed by atoms with Crippen molar-refractivity contribution in [2.45, 2.75) is 19.3 Å². The Hall–Kier alpha value is -6.98. The Morgan fingerprint density at radius 1 is 0.426 bits per heavy atom. The highest BCUT2D eigenvalue weighted by atomic mass is 16.3. The van der Waals surface area contributed by atoms with E-state index in [1.807, 2.05) is 42.6 Å². The summed E-state index contributed by atoms with van der Waals surface area (Å²) >= 11 is 0. The summed E-state index contributed by atoms with van der Waals surface area (Å²) in [5.74, 6) is 1.80. The predicted octanol–water partition coefficient (Wildman–Crippen LogP) is 12.4. The van der Waals surface area contributed by atoms with Gasteiger partial charge < -0.3 is 4.42 Å². The summed E-state index contributed by atoms with van der Waals surface area (Å²) in [7, 11) is 0. The molecule has 0 fully saturated rings. The molecule has 0 atom stereocenters. The van der Waals surface area contributed by atoms with Crippen LogP contribution in [0, 0.1) is 0 Å². The summed E-state index contributed by atoms with van der Waals surface area (Å²) < 4.78 is 6.30. The van der Waals surface area contributed by atoms with Crippen LogP contribution in [0.25, 0.3) is 99.9 Å². The van der Waals surface area contributed by atoms with E-state index in [1.165, 1.54) is 38.4 Å². The molecule has 1 aliphatic carbocycles. The summed E-state index contributed by atoms with van der Waals surface area (Å²) in [5.41, 5.74) is 11.7. The maximum absolute atomic E-state index is 6.30. The summed E-state index contributed by atoms with van der Waals surface area (Å²) in [6.45, 7) is 4.67. The van der Waals surface area contributed by atoms with Crippen LogP contribution in [0.4, 0.5) is 0 Å². The fraction of sp³-hybridized carbons (Fsp3) is 0.0612. The molecule has 0 bridgehead atoms. The van der Waals surface area contributed by atoms with Crippen LogP contribution in [-0.2, 0) is 5.41 Å². The lowest BCUT2D eigenvalue weighted by Gasteiger charge is -2.22. The van der Waals surface area contributed by atoms with Crippen molar-refractivity contribution < 1.29 is 4.42 Å². The summed E-state index contributed by atoms with van der Waals surface area (Å²) in [4.78, 5) is 19.9. The molecule has 0 saturated carbocycles. The molecule has 54 heavy (non-hydrogen) atoms. The first kappa shape index (κ1) is 30.6. The first-order chi connectivity index (χ1) is 26.5. The van der Waals surface area contributed by atoms with Crippen molar-refractivity contribution in [2.75, 3.05) is 0 Å². The van der Waals surface area contributed by atoms with Crippen LogP contribution in [0.3, 0.4) is 0 Å². The number of nitrogens with zero attached hydrogens (tertiary/aromatic N) is 4. The van der Waals surface area contributed by atoms with Crippen LogP contribution in [0.5, 0.6) is 0 Å². The number of hydrogen-bond donors (Lipinski definition) is 0. The summed E-state index contributed by atoms with van der Waals surface area (Å²) in [5, 5.41) is 6.86. The zero-order valence-electron chi connectivity index (χ0n) is 29.7. The monoisotopic (exact) mass is 692 g/mol. The number of furan rings is 1. The third-order valence-electron chi connectivity index (χ3n) is 11.2. The minimum atomic E-state index is -0.0940. The quantitative estimate of drug-likeness (QED) is 0.172. The average Bonchev–Trinajstić information content (AvgIpc) is 3.71. The van der Waals surface area contributed by atoms with Crippen LogP contribution in [0.2, 0.25) is 0 Å². The Bertz CT molecular complexity index is 3140. The second kappa shape index (κ2) is 11.5. The molecule has 0 unspecified atom stereocenters. The Balaban J connectivity index is 1.12. The second-order valence-electron chi connectivity index (χ2n) is 14.7. The summed E-state index contributed by atoms with van der Waals surface area (Å²) in [6.07, 6.45) is 3.67. The summed E-state index contributed by atoms with van der Waals surface area (Å²) in [6, 6.07) is 51.2. The topological polar surface area (TPSA) is 64.7 Å². The van der Waals surface area contributed by atoms with Gasteiger partial charge in [-0.2, -0.15) is 0 Å². The smallest absolute Gasteiger partial charge is 0.164 e. The molecule has 0 spiro atoms.